The van der Waals surface area contributed by atoms with Crippen molar-refractivity contribution in [1.82, 2.24) is 5.16 Å². The zero-order valence-corrected chi connectivity index (χ0v) is 11.4. The van der Waals surface area contributed by atoms with Crippen LogP contribution in [0.15, 0.2) is 35.0 Å². The predicted molar refractivity (Wildman–Crippen MR) is 69.6 cm³/mol. The summed E-state index contributed by atoms with van der Waals surface area (Å²) in [5.74, 6) is 0.107. The molecule has 0 radical (unpaired) electrons. The molecule has 21 heavy (non-hydrogen) atoms. The monoisotopic (exact) mass is 300 g/mol. The number of nitrogens with two attached hydrogens (primary N) is 1. The lowest BCUT2D eigenvalue weighted by molar-refractivity contribution is -0.139. The maximum absolute atomic E-state index is 13.1. The normalized spacial score (nSPS) is 13.2. The molecule has 0 aliphatic rings. The first-order valence-corrected chi connectivity index (χ1v) is 6.34. The number of benzene rings is 1. The number of aromatic nitrogens is 1. The lowest BCUT2D eigenvalue weighted by Crippen LogP contribution is -2.18. The van der Waals surface area contributed by atoms with Crippen LogP contribution < -0.4 is 10.5 Å². The van der Waals surface area contributed by atoms with Gasteiger partial charge in [-0.05, 0) is 31.0 Å². The Morgan fingerprint density at radius 1 is 1.33 bits per heavy atom. The maximum atomic E-state index is 13.1. The van der Waals surface area contributed by atoms with Gasteiger partial charge in [0.2, 0.25) is 0 Å². The number of rotatable bonds is 5. The number of nitrogens with zero attached hydrogens (tertiary/aromatic N) is 1. The summed E-state index contributed by atoms with van der Waals surface area (Å²) in [7, 11) is 0. The van der Waals surface area contributed by atoms with E-state index in [0.717, 1.165) is 6.07 Å². The highest BCUT2D eigenvalue weighted by molar-refractivity contribution is 5.39. The smallest absolute Gasteiger partial charge is 0.419 e. The number of halogens is 3. The third kappa shape index (κ3) is 4.22. The van der Waals surface area contributed by atoms with Crippen molar-refractivity contribution in [2.75, 3.05) is 0 Å². The molecule has 4 nitrogen and oxygen atoms in total. The fraction of sp³-hybridized carbons (Fsp3) is 0.357. The summed E-state index contributed by atoms with van der Waals surface area (Å²) in [6.45, 7) is 1.62. The Morgan fingerprint density at radius 2 is 2.10 bits per heavy atom. The van der Waals surface area contributed by atoms with Crippen molar-refractivity contribution in [3.63, 3.8) is 0 Å². The van der Waals surface area contributed by atoms with E-state index in [1.807, 2.05) is 0 Å². The molecule has 0 bridgehead atoms. The van der Waals surface area contributed by atoms with Crippen molar-refractivity contribution in [3.05, 3.63) is 47.3 Å². The van der Waals surface area contributed by atoms with Gasteiger partial charge in [-0.25, -0.2) is 0 Å². The highest BCUT2D eigenvalue weighted by atomic mass is 19.4. The zero-order chi connectivity index (χ0) is 15.5. The van der Waals surface area contributed by atoms with Crippen LogP contribution in [-0.2, 0) is 19.2 Å². The minimum absolute atomic E-state index is 0.115. The van der Waals surface area contributed by atoms with Crippen molar-refractivity contribution >= 4 is 0 Å². The summed E-state index contributed by atoms with van der Waals surface area (Å²) in [6, 6.07) is 5.26. The number of alkyl halides is 3. The summed E-state index contributed by atoms with van der Waals surface area (Å²) in [6.07, 6.45) is -2.73. The van der Waals surface area contributed by atoms with E-state index in [1.165, 1.54) is 18.3 Å². The van der Waals surface area contributed by atoms with Crippen LogP contribution in [0.2, 0.25) is 0 Å². The summed E-state index contributed by atoms with van der Waals surface area (Å²) in [5.41, 5.74) is 5.31. The molecule has 1 atom stereocenters. The molecule has 1 unspecified atom stereocenters. The molecule has 0 saturated carbocycles. The maximum Gasteiger partial charge on any atom is 0.419 e. The molecule has 2 N–H and O–H groups in total. The summed E-state index contributed by atoms with van der Waals surface area (Å²) >= 11 is 0. The molecule has 114 valence electrons. The van der Waals surface area contributed by atoms with Crippen LogP contribution in [0.4, 0.5) is 13.2 Å². The van der Waals surface area contributed by atoms with Crippen molar-refractivity contribution in [2.45, 2.75) is 32.2 Å². The third-order valence-electron chi connectivity index (χ3n) is 2.77. The van der Waals surface area contributed by atoms with E-state index in [-0.39, 0.29) is 18.4 Å². The Hall–Kier alpha value is -2.02. The molecule has 2 rings (SSSR count). The van der Waals surface area contributed by atoms with Gasteiger partial charge in [0.15, 0.2) is 5.76 Å². The van der Waals surface area contributed by atoms with Gasteiger partial charge in [0.05, 0.1) is 11.8 Å². The minimum Gasteiger partial charge on any atom is -0.485 e. The Labute approximate surface area is 119 Å². The van der Waals surface area contributed by atoms with Crippen LogP contribution in [0, 0.1) is 0 Å². The van der Waals surface area contributed by atoms with Gasteiger partial charge in [0.1, 0.15) is 12.4 Å². The van der Waals surface area contributed by atoms with Gasteiger partial charge in [0.25, 0.3) is 0 Å². The molecule has 1 heterocycles. The van der Waals surface area contributed by atoms with Gasteiger partial charge < -0.3 is 15.0 Å². The molecule has 0 aliphatic carbocycles. The second kappa shape index (κ2) is 6.17. The molecule has 0 amide bonds. The van der Waals surface area contributed by atoms with Crippen LogP contribution in [-0.4, -0.2) is 11.2 Å². The second-order valence-electron chi connectivity index (χ2n) is 4.78. The van der Waals surface area contributed by atoms with Crippen molar-refractivity contribution in [1.29, 1.82) is 0 Å². The summed E-state index contributed by atoms with van der Waals surface area (Å²) < 4.78 is 49.2. The van der Waals surface area contributed by atoms with Crippen molar-refractivity contribution in [2.24, 2.45) is 5.73 Å². The fourth-order valence-electron chi connectivity index (χ4n) is 1.89. The van der Waals surface area contributed by atoms with Gasteiger partial charge in [-0.1, -0.05) is 11.2 Å². The lowest BCUT2D eigenvalue weighted by atomic mass is 10.0. The molecule has 0 spiro atoms. The molecule has 0 aliphatic heterocycles. The van der Waals surface area contributed by atoms with Crippen molar-refractivity contribution in [3.8, 4) is 5.75 Å². The summed E-state index contributed by atoms with van der Waals surface area (Å²) in [4.78, 5) is 0. The quantitative estimate of drug-likeness (QED) is 0.921. The first-order chi connectivity index (χ1) is 9.86. The van der Waals surface area contributed by atoms with E-state index in [4.69, 9.17) is 15.0 Å². The van der Waals surface area contributed by atoms with E-state index in [1.54, 1.807) is 13.0 Å². The zero-order valence-electron chi connectivity index (χ0n) is 11.4. The van der Waals surface area contributed by atoms with E-state index in [9.17, 15) is 13.2 Å². The van der Waals surface area contributed by atoms with Crippen LogP contribution in [0.1, 0.15) is 23.8 Å². The number of hydrogen-bond acceptors (Lipinski definition) is 4. The molecular formula is C14H15F3N2O2. The Bertz CT molecular complexity index is 580. The standard InChI is InChI=1S/C14H15F3N2O2/c1-9(18)6-10-2-3-13(12(7-10)14(15,16)17)20-8-11-4-5-19-21-11/h2-5,7,9H,6,8,18H2,1H3. The fourth-order valence-corrected chi connectivity index (χ4v) is 1.89. The first-order valence-electron chi connectivity index (χ1n) is 6.34. The number of ether oxygens (including phenoxy) is 1. The van der Waals surface area contributed by atoms with Crippen LogP contribution in [0.3, 0.4) is 0 Å². The van der Waals surface area contributed by atoms with E-state index in [0.29, 0.717) is 17.7 Å². The molecule has 1 aromatic heterocycles. The van der Waals surface area contributed by atoms with E-state index >= 15 is 0 Å². The highest BCUT2D eigenvalue weighted by Crippen LogP contribution is 2.37. The van der Waals surface area contributed by atoms with Gasteiger partial charge >= 0.3 is 6.18 Å². The average Bonchev–Trinajstić information content (AvgIpc) is 2.88. The molecule has 7 heteroatoms. The van der Waals surface area contributed by atoms with Gasteiger partial charge in [-0.2, -0.15) is 13.2 Å². The molecule has 2 aromatic rings. The SMILES string of the molecule is CC(N)Cc1ccc(OCc2ccno2)c(C(F)(F)F)c1. The van der Waals surface area contributed by atoms with Crippen LogP contribution in [0.5, 0.6) is 5.75 Å². The minimum atomic E-state index is -4.50. The van der Waals surface area contributed by atoms with E-state index in [2.05, 4.69) is 5.16 Å². The average molecular weight is 300 g/mol. The van der Waals surface area contributed by atoms with Gasteiger partial charge in [0, 0.05) is 12.1 Å². The number of hydrogen-bond donors (Lipinski definition) is 1. The topological polar surface area (TPSA) is 61.3 Å². The van der Waals surface area contributed by atoms with Gasteiger partial charge in [-0.3, -0.25) is 0 Å². The van der Waals surface area contributed by atoms with Gasteiger partial charge in [-0.15, -0.1) is 0 Å². The lowest BCUT2D eigenvalue weighted by Gasteiger charge is -2.15. The van der Waals surface area contributed by atoms with Crippen molar-refractivity contribution < 1.29 is 22.4 Å². The Morgan fingerprint density at radius 3 is 2.67 bits per heavy atom. The first kappa shape index (κ1) is 15.4. The van der Waals surface area contributed by atoms with Crippen LogP contribution in [0.25, 0.3) is 0 Å². The molecule has 0 saturated heterocycles. The van der Waals surface area contributed by atoms with E-state index < -0.39 is 11.7 Å². The van der Waals surface area contributed by atoms with Crippen LogP contribution >= 0.6 is 0 Å². The Kier molecular flexibility index (Phi) is 4.52. The second-order valence-corrected chi connectivity index (χ2v) is 4.78. The third-order valence-corrected chi connectivity index (χ3v) is 2.77. The highest BCUT2D eigenvalue weighted by Gasteiger charge is 2.34. The summed E-state index contributed by atoms with van der Waals surface area (Å²) in [5, 5.41) is 3.46. The Balaban J connectivity index is 2.22. The molecule has 1 aromatic carbocycles. The molecular weight excluding hydrogens is 285 g/mol. The predicted octanol–water partition coefficient (Wildman–Crippen LogP) is 3.16. The largest absolute Gasteiger partial charge is 0.485 e. The molecule has 0 fully saturated rings.